The van der Waals surface area contributed by atoms with Gasteiger partial charge in [0.1, 0.15) is 5.82 Å². The Morgan fingerprint density at radius 2 is 1.61 bits per heavy atom. The van der Waals surface area contributed by atoms with Crippen LogP contribution in [0.2, 0.25) is 0 Å². The van der Waals surface area contributed by atoms with Crippen molar-refractivity contribution in [2.75, 3.05) is 31.1 Å². The van der Waals surface area contributed by atoms with E-state index in [4.69, 9.17) is 5.26 Å². The van der Waals surface area contributed by atoms with Gasteiger partial charge >= 0.3 is 0 Å². The first kappa shape index (κ1) is 17.3. The third kappa shape index (κ3) is 4.22. The van der Waals surface area contributed by atoms with Crippen LogP contribution in [0.25, 0.3) is 0 Å². The highest BCUT2D eigenvalue weighted by atomic mass is 35.5. The first-order chi connectivity index (χ1) is 10.8. The standard InChI is InChI=1S/C18H18FN3.ClH/c19-17-3-1-2-4-18(17)22-11-9-21(10-12-22)14-16-7-5-15(13-20)6-8-16;/h1-8H,9-12,14H2;1H. The highest BCUT2D eigenvalue weighted by molar-refractivity contribution is 5.85. The lowest BCUT2D eigenvalue weighted by molar-refractivity contribution is 0.249. The van der Waals surface area contributed by atoms with Gasteiger partial charge in [0, 0.05) is 32.7 Å². The summed E-state index contributed by atoms with van der Waals surface area (Å²) >= 11 is 0. The molecule has 0 saturated carbocycles. The van der Waals surface area contributed by atoms with Crippen molar-refractivity contribution in [3.63, 3.8) is 0 Å². The Kier molecular flexibility index (Phi) is 5.97. The zero-order valence-corrected chi connectivity index (χ0v) is 13.6. The van der Waals surface area contributed by atoms with E-state index < -0.39 is 0 Å². The molecule has 1 fully saturated rings. The summed E-state index contributed by atoms with van der Waals surface area (Å²) in [6.45, 7) is 4.36. The minimum atomic E-state index is -0.150. The van der Waals surface area contributed by atoms with Gasteiger partial charge < -0.3 is 4.90 Å². The van der Waals surface area contributed by atoms with Gasteiger partial charge in [-0.15, -0.1) is 12.4 Å². The molecule has 0 aliphatic carbocycles. The Bertz CT molecular complexity index is 673. The first-order valence-electron chi connectivity index (χ1n) is 7.47. The summed E-state index contributed by atoms with van der Waals surface area (Å²) in [6.07, 6.45) is 0. The molecule has 0 N–H and O–H groups in total. The minimum absolute atomic E-state index is 0. The molecule has 0 radical (unpaired) electrons. The summed E-state index contributed by atoms with van der Waals surface area (Å²) in [5.74, 6) is -0.150. The summed E-state index contributed by atoms with van der Waals surface area (Å²) in [5, 5.41) is 8.81. The number of para-hydroxylation sites is 1. The number of piperazine rings is 1. The Morgan fingerprint density at radius 3 is 2.22 bits per heavy atom. The maximum atomic E-state index is 13.8. The molecule has 0 amide bonds. The number of anilines is 1. The maximum Gasteiger partial charge on any atom is 0.146 e. The minimum Gasteiger partial charge on any atom is -0.367 e. The fourth-order valence-electron chi connectivity index (χ4n) is 2.80. The fourth-order valence-corrected chi connectivity index (χ4v) is 2.80. The first-order valence-corrected chi connectivity index (χ1v) is 7.47. The Balaban J connectivity index is 0.00000192. The summed E-state index contributed by atoms with van der Waals surface area (Å²) in [4.78, 5) is 4.46. The van der Waals surface area contributed by atoms with E-state index >= 15 is 0 Å². The number of benzene rings is 2. The van der Waals surface area contributed by atoms with Gasteiger partial charge in [0.05, 0.1) is 17.3 Å². The predicted molar refractivity (Wildman–Crippen MR) is 92.3 cm³/mol. The lowest BCUT2D eigenvalue weighted by Gasteiger charge is -2.36. The van der Waals surface area contributed by atoms with E-state index in [0.717, 1.165) is 32.7 Å². The summed E-state index contributed by atoms with van der Waals surface area (Å²) < 4.78 is 13.8. The smallest absolute Gasteiger partial charge is 0.146 e. The van der Waals surface area contributed by atoms with Gasteiger partial charge in [-0.3, -0.25) is 4.90 Å². The fraction of sp³-hybridized carbons (Fsp3) is 0.278. The Morgan fingerprint density at radius 1 is 0.957 bits per heavy atom. The van der Waals surface area contributed by atoms with Gasteiger partial charge in [-0.25, -0.2) is 4.39 Å². The van der Waals surface area contributed by atoms with Crippen molar-refractivity contribution in [1.82, 2.24) is 4.90 Å². The van der Waals surface area contributed by atoms with Crippen LogP contribution < -0.4 is 4.90 Å². The lowest BCUT2D eigenvalue weighted by atomic mass is 10.1. The van der Waals surface area contributed by atoms with Crippen molar-refractivity contribution < 1.29 is 4.39 Å². The summed E-state index contributed by atoms with van der Waals surface area (Å²) in [5.41, 5.74) is 2.59. The molecule has 3 rings (SSSR count). The van der Waals surface area contributed by atoms with Crippen LogP contribution in [-0.4, -0.2) is 31.1 Å². The van der Waals surface area contributed by atoms with Gasteiger partial charge in [-0.05, 0) is 29.8 Å². The Hall–Kier alpha value is -2.09. The van der Waals surface area contributed by atoms with E-state index in [1.54, 1.807) is 6.07 Å². The number of rotatable bonds is 3. The highest BCUT2D eigenvalue weighted by Gasteiger charge is 2.19. The quantitative estimate of drug-likeness (QED) is 0.863. The van der Waals surface area contributed by atoms with E-state index in [0.29, 0.717) is 11.3 Å². The number of nitriles is 1. The van der Waals surface area contributed by atoms with Crippen LogP contribution in [0.5, 0.6) is 0 Å². The van der Waals surface area contributed by atoms with Crippen LogP contribution in [0.15, 0.2) is 48.5 Å². The van der Waals surface area contributed by atoms with E-state index in [2.05, 4.69) is 15.9 Å². The summed E-state index contributed by atoms with van der Waals surface area (Å²) in [6, 6.07) is 16.8. The van der Waals surface area contributed by atoms with Crippen LogP contribution >= 0.6 is 12.4 Å². The highest BCUT2D eigenvalue weighted by Crippen LogP contribution is 2.20. The number of halogens is 2. The summed E-state index contributed by atoms with van der Waals surface area (Å²) in [7, 11) is 0. The van der Waals surface area contributed by atoms with E-state index in [1.165, 1.54) is 11.6 Å². The molecule has 0 aromatic heterocycles. The van der Waals surface area contributed by atoms with Crippen molar-refractivity contribution >= 4 is 18.1 Å². The maximum absolute atomic E-state index is 13.8. The third-order valence-corrected chi connectivity index (χ3v) is 4.05. The molecule has 1 heterocycles. The number of hydrogen-bond donors (Lipinski definition) is 0. The molecular weight excluding hydrogens is 313 g/mol. The molecule has 0 spiro atoms. The van der Waals surface area contributed by atoms with Gasteiger partial charge in [0.25, 0.3) is 0 Å². The van der Waals surface area contributed by atoms with Crippen LogP contribution in [0, 0.1) is 17.1 Å². The lowest BCUT2D eigenvalue weighted by Crippen LogP contribution is -2.46. The SMILES string of the molecule is Cl.N#Cc1ccc(CN2CCN(c3ccccc3F)CC2)cc1. The molecule has 1 aliphatic rings. The molecule has 2 aromatic rings. The zero-order chi connectivity index (χ0) is 15.4. The van der Waals surface area contributed by atoms with Crippen molar-refractivity contribution in [1.29, 1.82) is 5.26 Å². The van der Waals surface area contributed by atoms with Gasteiger partial charge in [0.2, 0.25) is 0 Å². The van der Waals surface area contributed by atoms with Gasteiger partial charge in [0.15, 0.2) is 0 Å². The molecule has 0 bridgehead atoms. The van der Waals surface area contributed by atoms with Crippen molar-refractivity contribution in [2.24, 2.45) is 0 Å². The van der Waals surface area contributed by atoms with Crippen LogP contribution in [0.3, 0.4) is 0 Å². The number of nitrogens with zero attached hydrogens (tertiary/aromatic N) is 3. The molecule has 2 aromatic carbocycles. The molecule has 1 saturated heterocycles. The second kappa shape index (κ2) is 7.96. The third-order valence-electron chi connectivity index (χ3n) is 4.05. The monoisotopic (exact) mass is 331 g/mol. The molecule has 5 heteroatoms. The zero-order valence-electron chi connectivity index (χ0n) is 12.8. The molecule has 0 atom stereocenters. The predicted octanol–water partition coefficient (Wildman–Crippen LogP) is 3.44. The van der Waals surface area contributed by atoms with Gasteiger partial charge in [-0.2, -0.15) is 5.26 Å². The molecule has 120 valence electrons. The van der Waals surface area contributed by atoms with Crippen LogP contribution in [-0.2, 0) is 6.54 Å². The molecule has 0 unspecified atom stereocenters. The van der Waals surface area contributed by atoms with Gasteiger partial charge in [-0.1, -0.05) is 24.3 Å². The second-order valence-electron chi connectivity index (χ2n) is 5.52. The number of hydrogen-bond acceptors (Lipinski definition) is 3. The van der Waals surface area contributed by atoms with Crippen molar-refractivity contribution in [2.45, 2.75) is 6.54 Å². The molecule has 1 aliphatic heterocycles. The molecule has 3 nitrogen and oxygen atoms in total. The average Bonchev–Trinajstić information content (AvgIpc) is 2.57. The van der Waals surface area contributed by atoms with E-state index in [-0.39, 0.29) is 18.2 Å². The largest absolute Gasteiger partial charge is 0.367 e. The average molecular weight is 332 g/mol. The normalized spacial score (nSPS) is 14.9. The van der Waals surface area contributed by atoms with Crippen LogP contribution in [0.1, 0.15) is 11.1 Å². The van der Waals surface area contributed by atoms with E-state index in [1.807, 2.05) is 36.4 Å². The molecular formula is C18H19ClFN3. The topological polar surface area (TPSA) is 30.3 Å². The second-order valence-corrected chi connectivity index (χ2v) is 5.52. The van der Waals surface area contributed by atoms with E-state index in [9.17, 15) is 4.39 Å². The molecule has 23 heavy (non-hydrogen) atoms. The Labute approximate surface area is 142 Å². The van der Waals surface area contributed by atoms with Crippen molar-refractivity contribution in [3.05, 3.63) is 65.5 Å². The van der Waals surface area contributed by atoms with Crippen LogP contribution in [0.4, 0.5) is 10.1 Å². The van der Waals surface area contributed by atoms with Crippen molar-refractivity contribution in [3.8, 4) is 6.07 Å².